The van der Waals surface area contributed by atoms with E-state index in [1.54, 1.807) is 18.2 Å². The third-order valence-electron chi connectivity index (χ3n) is 3.63. The molecule has 0 radical (unpaired) electrons. The maximum Gasteiger partial charge on any atom is 0.308 e. The van der Waals surface area contributed by atoms with Crippen molar-refractivity contribution in [2.75, 3.05) is 13.1 Å². The van der Waals surface area contributed by atoms with E-state index in [1.165, 1.54) is 13.0 Å². The monoisotopic (exact) mass is 432 g/mol. The predicted molar refractivity (Wildman–Crippen MR) is 106 cm³/mol. The van der Waals surface area contributed by atoms with Crippen LogP contribution >= 0.6 is 15.9 Å². The molecule has 6 nitrogen and oxygen atoms in total. The fraction of sp³-hybridized carbons (Fsp3) is 0.250. The Morgan fingerprint density at radius 3 is 2.48 bits per heavy atom. The lowest BCUT2D eigenvalue weighted by atomic mass is 10.1. The van der Waals surface area contributed by atoms with Gasteiger partial charge in [-0.3, -0.25) is 14.4 Å². The number of ether oxygens (including phenoxy) is 1. The number of amides is 2. The molecule has 0 fully saturated rings. The third kappa shape index (κ3) is 7.22. The molecule has 27 heavy (non-hydrogen) atoms. The molecule has 2 amide bonds. The highest BCUT2D eigenvalue weighted by atomic mass is 79.9. The summed E-state index contributed by atoms with van der Waals surface area (Å²) in [7, 11) is 0. The third-order valence-corrected chi connectivity index (χ3v) is 4.40. The smallest absolute Gasteiger partial charge is 0.308 e. The summed E-state index contributed by atoms with van der Waals surface area (Å²) in [4.78, 5) is 35.0. The molecule has 0 aromatic heterocycles. The van der Waals surface area contributed by atoms with Crippen molar-refractivity contribution in [3.63, 3.8) is 0 Å². The largest absolute Gasteiger partial charge is 0.427 e. The molecule has 0 aliphatic heterocycles. The highest BCUT2D eigenvalue weighted by Gasteiger charge is 2.08. The molecule has 2 N–H and O–H groups in total. The standard InChI is InChI=1S/C20H21BrN2O4/c1-14(24)27-17-8-4-7-16(12-17)20(26)23-11-5-10-22-19(25)13-15-6-2-3-9-18(15)21/h2-4,6-9,12H,5,10-11,13H2,1H3,(H,22,25)(H,23,26). The Labute approximate surface area is 166 Å². The van der Waals surface area contributed by atoms with Crippen LogP contribution in [0.15, 0.2) is 53.0 Å². The second kappa shape index (κ2) is 10.5. The normalized spacial score (nSPS) is 10.1. The van der Waals surface area contributed by atoms with Gasteiger partial charge >= 0.3 is 5.97 Å². The average Bonchev–Trinajstić information content (AvgIpc) is 2.63. The summed E-state index contributed by atoms with van der Waals surface area (Å²) in [6, 6.07) is 14.0. The van der Waals surface area contributed by atoms with Crippen LogP contribution in [0.4, 0.5) is 0 Å². The molecule has 0 heterocycles. The summed E-state index contributed by atoms with van der Waals surface area (Å²) in [5.74, 6) is -0.439. The van der Waals surface area contributed by atoms with E-state index in [1.807, 2.05) is 24.3 Å². The Bertz CT molecular complexity index is 823. The Hall–Kier alpha value is -2.67. The fourth-order valence-electron chi connectivity index (χ4n) is 2.36. The second-order valence-corrected chi connectivity index (χ2v) is 6.70. The molecule has 0 aliphatic carbocycles. The lowest BCUT2D eigenvalue weighted by Gasteiger charge is -2.08. The fourth-order valence-corrected chi connectivity index (χ4v) is 2.79. The van der Waals surface area contributed by atoms with Gasteiger partial charge in [-0.2, -0.15) is 0 Å². The lowest BCUT2D eigenvalue weighted by Crippen LogP contribution is -2.30. The van der Waals surface area contributed by atoms with E-state index in [-0.39, 0.29) is 11.8 Å². The van der Waals surface area contributed by atoms with Crippen molar-refractivity contribution in [3.05, 3.63) is 64.1 Å². The average molecular weight is 433 g/mol. The Morgan fingerprint density at radius 2 is 1.74 bits per heavy atom. The number of carbonyl (C=O) groups excluding carboxylic acids is 3. The number of carbonyl (C=O) groups is 3. The van der Waals surface area contributed by atoms with Gasteiger partial charge in [0.1, 0.15) is 5.75 Å². The second-order valence-electron chi connectivity index (χ2n) is 5.85. The van der Waals surface area contributed by atoms with Gasteiger partial charge in [0.25, 0.3) is 5.91 Å². The maximum absolute atomic E-state index is 12.1. The molecule has 0 unspecified atom stereocenters. The van der Waals surface area contributed by atoms with Crippen molar-refractivity contribution in [1.29, 1.82) is 0 Å². The van der Waals surface area contributed by atoms with Crippen LogP contribution in [-0.4, -0.2) is 30.9 Å². The molecule has 2 rings (SSSR count). The van der Waals surface area contributed by atoms with E-state index in [4.69, 9.17) is 4.74 Å². The molecule has 0 saturated heterocycles. The van der Waals surface area contributed by atoms with Gasteiger partial charge in [-0.25, -0.2) is 0 Å². The zero-order valence-corrected chi connectivity index (χ0v) is 16.5. The summed E-state index contributed by atoms with van der Waals surface area (Å²) in [5.41, 5.74) is 1.34. The zero-order valence-electron chi connectivity index (χ0n) is 15.0. The van der Waals surface area contributed by atoms with Crippen molar-refractivity contribution >= 4 is 33.7 Å². The van der Waals surface area contributed by atoms with Crippen LogP contribution in [0.1, 0.15) is 29.3 Å². The molecule has 7 heteroatoms. The molecule has 0 atom stereocenters. The van der Waals surface area contributed by atoms with Crippen LogP contribution in [0.5, 0.6) is 5.75 Å². The molecule has 0 spiro atoms. The molecule has 0 saturated carbocycles. The topological polar surface area (TPSA) is 84.5 Å². The summed E-state index contributed by atoms with van der Waals surface area (Å²) in [6.45, 7) is 2.19. The van der Waals surface area contributed by atoms with Gasteiger partial charge in [-0.15, -0.1) is 0 Å². The van der Waals surface area contributed by atoms with E-state index in [0.29, 0.717) is 37.2 Å². The molecule has 0 bridgehead atoms. The lowest BCUT2D eigenvalue weighted by molar-refractivity contribution is -0.131. The van der Waals surface area contributed by atoms with Crippen LogP contribution in [0.3, 0.4) is 0 Å². The minimum atomic E-state index is -0.439. The Kier molecular flexibility index (Phi) is 8.00. The minimum Gasteiger partial charge on any atom is -0.427 e. The Morgan fingerprint density at radius 1 is 1.00 bits per heavy atom. The van der Waals surface area contributed by atoms with Crippen LogP contribution in [-0.2, 0) is 16.0 Å². The highest BCUT2D eigenvalue weighted by Crippen LogP contribution is 2.16. The van der Waals surface area contributed by atoms with Crippen LogP contribution in [0, 0.1) is 0 Å². The number of hydrogen-bond acceptors (Lipinski definition) is 4. The summed E-state index contributed by atoms with van der Waals surface area (Å²) >= 11 is 3.42. The number of nitrogens with one attached hydrogen (secondary N) is 2. The number of benzene rings is 2. The quantitative estimate of drug-likeness (QED) is 0.381. The van der Waals surface area contributed by atoms with Crippen molar-refractivity contribution in [2.24, 2.45) is 0 Å². The molecule has 2 aromatic rings. The van der Waals surface area contributed by atoms with Gasteiger partial charge in [0.05, 0.1) is 6.42 Å². The molecular weight excluding hydrogens is 412 g/mol. The van der Waals surface area contributed by atoms with Crippen molar-refractivity contribution in [3.8, 4) is 5.75 Å². The van der Waals surface area contributed by atoms with E-state index < -0.39 is 5.97 Å². The first-order valence-electron chi connectivity index (χ1n) is 8.52. The number of halogens is 1. The molecule has 0 aliphatic rings. The van der Waals surface area contributed by atoms with Crippen LogP contribution < -0.4 is 15.4 Å². The van der Waals surface area contributed by atoms with Gasteiger partial charge in [-0.1, -0.05) is 40.2 Å². The Balaban J connectivity index is 1.69. The first-order valence-corrected chi connectivity index (χ1v) is 9.32. The van der Waals surface area contributed by atoms with Crippen LogP contribution in [0.25, 0.3) is 0 Å². The van der Waals surface area contributed by atoms with E-state index >= 15 is 0 Å². The SMILES string of the molecule is CC(=O)Oc1cccc(C(=O)NCCCNC(=O)Cc2ccccc2Br)c1. The van der Waals surface area contributed by atoms with Gasteiger partial charge in [0, 0.05) is 30.0 Å². The van der Waals surface area contributed by atoms with Gasteiger partial charge in [0.15, 0.2) is 0 Å². The minimum absolute atomic E-state index is 0.0673. The zero-order chi connectivity index (χ0) is 19.6. The van der Waals surface area contributed by atoms with Gasteiger partial charge < -0.3 is 15.4 Å². The predicted octanol–water partition coefficient (Wildman–Crippen LogP) is 2.85. The highest BCUT2D eigenvalue weighted by molar-refractivity contribution is 9.10. The van der Waals surface area contributed by atoms with Crippen molar-refractivity contribution in [2.45, 2.75) is 19.8 Å². The molecule has 142 valence electrons. The van der Waals surface area contributed by atoms with Crippen molar-refractivity contribution < 1.29 is 19.1 Å². The molecular formula is C20H21BrN2O4. The molecule has 2 aromatic carbocycles. The first-order chi connectivity index (χ1) is 13.0. The van der Waals surface area contributed by atoms with Crippen molar-refractivity contribution in [1.82, 2.24) is 10.6 Å². The van der Waals surface area contributed by atoms with E-state index in [2.05, 4.69) is 26.6 Å². The number of esters is 1. The van der Waals surface area contributed by atoms with E-state index in [0.717, 1.165) is 10.0 Å². The number of rotatable bonds is 8. The summed E-state index contributed by atoms with van der Waals surface area (Å²) in [5, 5.41) is 5.61. The maximum atomic E-state index is 12.1. The summed E-state index contributed by atoms with van der Waals surface area (Å²) in [6.07, 6.45) is 0.911. The van der Waals surface area contributed by atoms with Gasteiger partial charge in [-0.05, 0) is 36.2 Å². The van der Waals surface area contributed by atoms with Gasteiger partial charge in [0.2, 0.25) is 5.91 Å². The summed E-state index contributed by atoms with van der Waals surface area (Å²) < 4.78 is 5.87. The van der Waals surface area contributed by atoms with Crippen LogP contribution in [0.2, 0.25) is 0 Å². The van der Waals surface area contributed by atoms with E-state index in [9.17, 15) is 14.4 Å². The first kappa shape index (κ1) is 20.6. The number of hydrogen-bond donors (Lipinski definition) is 2.